The molecule has 1 N–H and O–H groups in total. The average molecular weight is 642 g/mol. The fourth-order valence-corrected chi connectivity index (χ4v) is 6.66. The summed E-state index contributed by atoms with van der Waals surface area (Å²) in [5, 5.41) is 9.26. The molecule has 46 heavy (non-hydrogen) atoms. The number of methoxy groups -OCH3 is 1. The number of nitrogens with zero attached hydrogens (tertiary/aromatic N) is 3. The summed E-state index contributed by atoms with van der Waals surface area (Å²) in [5.74, 6) is -2.24. The molecule has 1 amide bonds. The lowest BCUT2D eigenvalue weighted by atomic mass is 9.86. The molecule has 0 bridgehead atoms. The molecule has 1 fully saturated rings. The molecule has 1 unspecified atom stereocenters. The van der Waals surface area contributed by atoms with E-state index in [0.717, 1.165) is 42.7 Å². The van der Waals surface area contributed by atoms with E-state index in [1.165, 1.54) is 30.5 Å². The number of carbonyl (C=O) groups excluding carboxylic acids is 2. The number of anilines is 1. The molecule has 0 aliphatic carbocycles. The van der Waals surface area contributed by atoms with E-state index in [9.17, 15) is 23.9 Å². The highest BCUT2D eigenvalue weighted by molar-refractivity contribution is 6.31. The molecule has 6 rings (SSSR count). The average Bonchev–Trinajstić information content (AvgIpc) is 3.08. The van der Waals surface area contributed by atoms with Crippen LogP contribution in [0.25, 0.3) is 11.3 Å². The van der Waals surface area contributed by atoms with Crippen LogP contribution in [-0.4, -0.2) is 65.5 Å². The van der Waals surface area contributed by atoms with E-state index >= 15 is 0 Å². The third-order valence-corrected chi connectivity index (χ3v) is 9.18. The van der Waals surface area contributed by atoms with E-state index in [1.807, 2.05) is 12.1 Å². The second kappa shape index (κ2) is 13.4. The van der Waals surface area contributed by atoms with Crippen LogP contribution in [0.3, 0.4) is 0 Å². The van der Waals surface area contributed by atoms with Gasteiger partial charge in [-0.3, -0.25) is 14.6 Å². The van der Waals surface area contributed by atoms with Crippen LogP contribution in [0.2, 0.25) is 5.02 Å². The molecule has 0 spiro atoms. The summed E-state index contributed by atoms with van der Waals surface area (Å²) in [5.41, 5.74) is 4.35. The van der Waals surface area contributed by atoms with Gasteiger partial charge in [-0.2, -0.15) is 0 Å². The fraction of sp³-hybridized carbons (Fsp3) is 0.278. The number of fused-ring (bicyclic) bond motifs is 1. The van der Waals surface area contributed by atoms with Crippen molar-refractivity contribution in [3.05, 3.63) is 118 Å². The van der Waals surface area contributed by atoms with Crippen molar-refractivity contribution in [2.75, 3.05) is 31.6 Å². The van der Waals surface area contributed by atoms with E-state index in [0.29, 0.717) is 18.5 Å². The number of pyridine rings is 1. The number of piperidine rings is 1. The largest absolute Gasteiger partial charge is 0.478 e. The summed E-state index contributed by atoms with van der Waals surface area (Å²) in [6.45, 7) is 1.95. The Morgan fingerprint density at radius 2 is 1.72 bits per heavy atom. The highest BCUT2D eigenvalue weighted by atomic mass is 35.5. The molecule has 0 radical (unpaired) electrons. The third kappa shape index (κ3) is 6.25. The number of carboxylic acid groups (broad SMARTS) is 1. The number of ether oxygens (including phenoxy) is 1. The highest BCUT2D eigenvalue weighted by Gasteiger charge is 2.38. The number of amides is 1. The van der Waals surface area contributed by atoms with Gasteiger partial charge in [0.1, 0.15) is 6.04 Å². The molecular weight excluding hydrogens is 609 g/mol. The van der Waals surface area contributed by atoms with E-state index in [-0.39, 0.29) is 51.6 Å². The predicted molar refractivity (Wildman–Crippen MR) is 173 cm³/mol. The molecule has 10 heteroatoms. The van der Waals surface area contributed by atoms with Crippen molar-refractivity contribution < 1.29 is 28.6 Å². The fourth-order valence-electron chi connectivity index (χ4n) is 6.49. The van der Waals surface area contributed by atoms with Gasteiger partial charge in [0.25, 0.3) is 5.91 Å². The number of hydrogen-bond acceptors (Lipinski definition) is 6. The number of ketones is 1. The standard InChI is InChI=1S/C36H33ClFN3O5/c1-46-25-13-17-40(18-14-25)31-7-3-4-27-26(31)15-19-41(34(27)32(42)20-22-8-10-23(11-9-22)36(44)45)35(43)24-12-16-39-30(21-24)28-5-2-6-29(37)33(28)38/h2-12,16,21,25,34H,13-15,17-20H2,1H3,(H,44,45). The number of hydrogen-bond donors (Lipinski definition) is 1. The number of carboxylic acids is 1. The zero-order valence-corrected chi connectivity index (χ0v) is 26.0. The highest BCUT2D eigenvalue weighted by Crippen LogP contribution is 2.39. The van der Waals surface area contributed by atoms with Crippen molar-refractivity contribution in [2.24, 2.45) is 0 Å². The van der Waals surface area contributed by atoms with E-state index in [1.54, 1.807) is 42.3 Å². The third-order valence-electron chi connectivity index (χ3n) is 8.89. The second-order valence-corrected chi connectivity index (χ2v) is 12.0. The Balaban J connectivity index is 1.36. The molecule has 1 saturated heterocycles. The van der Waals surface area contributed by atoms with E-state index in [4.69, 9.17) is 16.3 Å². The molecule has 1 aromatic heterocycles. The Morgan fingerprint density at radius 1 is 0.978 bits per heavy atom. The Hall–Kier alpha value is -4.60. The number of benzene rings is 3. The lowest BCUT2D eigenvalue weighted by Gasteiger charge is -2.40. The maximum atomic E-state index is 14.9. The minimum atomic E-state index is -1.05. The van der Waals surface area contributed by atoms with Crippen LogP contribution in [0.1, 0.15) is 56.3 Å². The SMILES string of the molecule is COC1CCN(c2cccc3c2CCN(C(=O)c2ccnc(-c4cccc(Cl)c4F)c2)C3C(=O)Cc2ccc(C(=O)O)cc2)CC1. The molecule has 4 aromatic rings. The van der Waals surface area contributed by atoms with Gasteiger partial charge in [-0.15, -0.1) is 0 Å². The number of halogens is 2. The molecule has 3 aromatic carbocycles. The van der Waals surface area contributed by atoms with Crippen molar-refractivity contribution in [2.45, 2.75) is 37.8 Å². The van der Waals surface area contributed by atoms with Crippen LogP contribution < -0.4 is 4.90 Å². The first-order valence-corrected chi connectivity index (χ1v) is 15.6. The predicted octanol–water partition coefficient (Wildman–Crippen LogP) is 6.41. The summed E-state index contributed by atoms with van der Waals surface area (Å²) < 4.78 is 20.4. The van der Waals surface area contributed by atoms with Crippen molar-refractivity contribution in [1.29, 1.82) is 0 Å². The lowest BCUT2D eigenvalue weighted by Crippen LogP contribution is -2.45. The Kier molecular flexibility index (Phi) is 9.15. The first-order chi connectivity index (χ1) is 22.2. The van der Waals surface area contributed by atoms with Crippen LogP contribution in [0.15, 0.2) is 79.0 Å². The first-order valence-electron chi connectivity index (χ1n) is 15.2. The van der Waals surface area contributed by atoms with Crippen LogP contribution in [-0.2, 0) is 22.4 Å². The summed E-state index contributed by atoms with van der Waals surface area (Å²) in [6, 6.07) is 18.9. The quantitative estimate of drug-likeness (QED) is 0.237. The van der Waals surface area contributed by atoms with Crippen molar-refractivity contribution in [1.82, 2.24) is 9.88 Å². The minimum Gasteiger partial charge on any atom is -0.478 e. The topological polar surface area (TPSA) is 100 Å². The monoisotopic (exact) mass is 641 g/mol. The maximum Gasteiger partial charge on any atom is 0.335 e. The molecular formula is C36H33ClFN3O5. The normalized spacial score (nSPS) is 16.6. The minimum absolute atomic E-state index is 0.00652. The molecule has 8 nitrogen and oxygen atoms in total. The molecule has 236 valence electrons. The number of carbonyl (C=O) groups is 3. The molecule has 3 heterocycles. The molecule has 2 aliphatic rings. The van der Waals surface area contributed by atoms with Gasteiger partial charge in [0, 0.05) is 56.2 Å². The lowest BCUT2D eigenvalue weighted by molar-refractivity contribution is -0.123. The van der Waals surface area contributed by atoms with Crippen molar-refractivity contribution in [3.8, 4) is 11.3 Å². The second-order valence-electron chi connectivity index (χ2n) is 11.6. The number of aromatic nitrogens is 1. The van der Waals surface area contributed by atoms with Crippen LogP contribution in [0.4, 0.5) is 10.1 Å². The van der Waals surface area contributed by atoms with Gasteiger partial charge in [-0.25, -0.2) is 9.18 Å². The summed E-state index contributed by atoms with van der Waals surface area (Å²) in [7, 11) is 1.74. The van der Waals surface area contributed by atoms with Gasteiger partial charge in [-0.1, -0.05) is 41.9 Å². The first kappa shape index (κ1) is 31.4. The van der Waals surface area contributed by atoms with Crippen molar-refractivity contribution in [3.63, 3.8) is 0 Å². The zero-order chi connectivity index (χ0) is 32.4. The zero-order valence-electron chi connectivity index (χ0n) is 25.3. The van der Waals surface area contributed by atoms with Gasteiger partial charge < -0.3 is 19.6 Å². The van der Waals surface area contributed by atoms with Gasteiger partial charge in [0.15, 0.2) is 11.6 Å². The summed E-state index contributed by atoms with van der Waals surface area (Å²) >= 11 is 6.01. The summed E-state index contributed by atoms with van der Waals surface area (Å²) in [4.78, 5) is 48.0. The summed E-state index contributed by atoms with van der Waals surface area (Å²) in [6.07, 6.45) is 4.03. The van der Waals surface area contributed by atoms with Crippen LogP contribution in [0.5, 0.6) is 0 Å². The Bertz CT molecular complexity index is 1790. The molecule has 2 aliphatic heterocycles. The van der Waals surface area contributed by atoms with Crippen LogP contribution >= 0.6 is 11.6 Å². The van der Waals surface area contributed by atoms with E-state index in [2.05, 4.69) is 16.0 Å². The molecule has 0 saturated carbocycles. The van der Waals surface area contributed by atoms with Crippen molar-refractivity contribution >= 4 is 34.9 Å². The smallest absolute Gasteiger partial charge is 0.335 e. The van der Waals surface area contributed by atoms with Gasteiger partial charge in [-0.05, 0) is 78.4 Å². The number of Topliss-reactive ketones (excluding diaryl/α,β-unsaturated/α-hetero) is 1. The van der Waals surface area contributed by atoms with Gasteiger partial charge >= 0.3 is 5.97 Å². The van der Waals surface area contributed by atoms with Crippen LogP contribution in [0, 0.1) is 5.82 Å². The van der Waals surface area contributed by atoms with Gasteiger partial charge in [0.05, 0.1) is 22.4 Å². The maximum absolute atomic E-state index is 14.9. The Labute approximate surface area is 271 Å². The van der Waals surface area contributed by atoms with E-state index < -0.39 is 17.8 Å². The molecule has 1 atom stereocenters. The number of rotatable bonds is 8. The van der Waals surface area contributed by atoms with Gasteiger partial charge in [0.2, 0.25) is 0 Å². The Morgan fingerprint density at radius 3 is 2.43 bits per heavy atom. The number of aromatic carboxylic acids is 1.